The Labute approximate surface area is 178 Å². The first-order valence-corrected chi connectivity index (χ1v) is 10.1. The van der Waals surface area contributed by atoms with Gasteiger partial charge in [-0.25, -0.2) is 9.18 Å². The fourth-order valence-corrected chi connectivity index (χ4v) is 4.13. The number of hydrogen-bond donors (Lipinski definition) is 1. The number of halogens is 2. The molecule has 30 heavy (non-hydrogen) atoms. The molecule has 2 heterocycles. The van der Waals surface area contributed by atoms with Crippen molar-refractivity contribution < 1.29 is 18.8 Å². The SMILES string of the molecule is Cc1ccc(C(=O)N2CCC[C@@]3(C2)NC(=O)N(Cc2ccc(Cl)cc2)C3=O)cc1F. The summed E-state index contributed by atoms with van der Waals surface area (Å²) in [6.45, 7) is 2.25. The maximum absolute atomic E-state index is 13.9. The van der Waals surface area contributed by atoms with E-state index in [4.69, 9.17) is 11.6 Å². The molecule has 1 spiro atoms. The second kappa shape index (κ2) is 7.72. The number of carbonyl (C=O) groups is 3. The fraction of sp³-hybridized carbons (Fsp3) is 0.318. The van der Waals surface area contributed by atoms with Gasteiger partial charge in [0.25, 0.3) is 11.8 Å². The summed E-state index contributed by atoms with van der Waals surface area (Å²) >= 11 is 5.90. The van der Waals surface area contributed by atoms with E-state index in [9.17, 15) is 18.8 Å². The van der Waals surface area contributed by atoms with E-state index < -0.39 is 17.4 Å². The summed E-state index contributed by atoms with van der Waals surface area (Å²) in [5, 5.41) is 3.37. The summed E-state index contributed by atoms with van der Waals surface area (Å²) < 4.78 is 13.9. The highest BCUT2D eigenvalue weighted by atomic mass is 35.5. The number of urea groups is 1. The first kappa shape index (κ1) is 20.3. The second-order valence-electron chi connectivity index (χ2n) is 7.82. The maximum Gasteiger partial charge on any atom is 0.325 e. The summed E-state index contributed by atoms with van der Waals surface area (Å²) in [7, 11) is 0. The molecule has 0 aliphatic carbocycles. The van der Waals surface area contributed by atoms with Crippen molar-refractivity contribution in [3.05, 3.63) is 70.0 Å². The first-order chi connectivity index (χ1) is 14.3. The lowest BCUT2D eigenvalue weighted by atomic mass is 9.88. The summed E-state index contributed by atoms with van der Waals surface area (Å²) in [6.07, 6.45) is 1.00. The molecule has 1 N–H and O–H groups in total. The van der Waals surface area contributed by atoms with Gasteiger partial charge in [0, 0.05) is 17.1 Å². The maximum atomic E-state index is 13.9. The van der Waals surface area contributed by atoms with E-state index in [-0.39, 0.29) is 30.5 Å². The molecule has 2 fully saturated rings. The van der Waals surface area contributed by atoms with Crippen molar-refractivity contribution in [2.24, 2.45) is 0 Å². The smallest absolute Gasteiger partial charge is 0.325 e. The zero-order valence-corrected chi connectivity index (χ0v) is 17.2. The Balaban J connectivity index is 1.53. The van der Waals surface area contributed by atoms with Crippen molar-refractivity contribution in [2.45, 2.75) is 31.8 Å². The summed E-state index contributed by atoms with van der Waals surface area (Å²) in [4.78, 5) is 41.3. The van der Waals surface area contributed by atoms with E-state index in [1.165, 1.54) is 15.9 Å². The molecule has 6 nitrogen and oxygen atoms in total. The number of hydrogen-bond acceptors (Lipinski definition) is 3. The van der Waals surface area contributed by atoms with Crippen molar-refractivity contribution in [1.82, 2.24) is 15.1 Å². The molecule has 2 aromatic rings. The highest BCUT2D eigenvalue weighted by molar-refractivity contribution is 6.30. The Bertz CT molecular complexity index is 1030. The van der Waals surface area contributed by atoms with Crippen molar-refractivity contribution in [3.63, 3.8) is 0 Å². The van der Waals surface area contributed by atoms with E-state index in [0.29, 0.717) is 30.0 Å². The topological polar surface area (TPSA) is 69.7 Å². The quantitative estimate of drug-likeness (QED) is 0.759. The van der Waals surface area contributed by atoms with Crippen LogP contribution >= 0.6 is 11.6 Å². The molecule has 2 aliphatic heterocycles. The number of piperidine rings is 1. The lowest BCUT2D eigenvalue weighted by Gasteiger charge is -2.38. The third-order valence-electron chi connectivity index (χ3n) is 5.70. The molecule has 2 saturated heterocycles. The lowest BCUT2D eigenvalue weighted by molar-refractivity contribution is -0.133. The van der Waals surface area contributed by atoms with Crippen LogP contribution in [0.5, 0.6) is 0 Å². The number of amides is 4. The van der Waals surface area contributed by atoms with Crippen molar-refractivity contribution in [2.75, 3.05) is 13.1 Å². The Morgan fingerprint density at radius 1 is 1.20 bits per heavy atom. The molecule has 0 aromatic heterocycles. The summed E-state index contributed by atoms with van der Waals surface area (Å²) in [5.41, 5.74) is 0.308. The van der Waals surface area contributed by atoms with Gasteiger partial charge in [-0.2, -0.15) is 0 Å². The van der Waals surface area contributed by atoms with Gasteiger partial charge in [-0.15, -0.1) is 0 Å². The van der Waals surface area contributed by atoms with Gasteiger partial charge in [-0.1, -0.05) is 29.8 Å². The minimum absolute atomic E-state index is 0.0586. The molecule has 4 rings (SSSR count). The number of nitrogens with one attached hydrogen (secondary N) is 1. The minimum atomic E-state index is -1.15. The molecule has 0 radical (unpaired) electrons. The number of rotatable bonds is 3. The molecule has 1 atom stereocenters. The lowest BCUT2D eigenvalue weighted by Crippen LogP contribution is -2.59. The van der Waals surface area contributed by atoms with Crippen molar-refractivity contribution in [3.8, 4) is 0 Å². The van der Waals surface area contributed by atoms with Crippen LogP contribution in [-0.4, -0.2) is 46.3 Å². The van der Waals surface area contributed by atoms with E-state index in [1.54, 1.807) is 43.3 Å². The Morgan fingerprint density at radius 3 is 2.63 bits per heavy atom. The van der Waals surface area contributed by atoms with Crippen LogP contribution < -0.4 is 5.32 Å². The van der Waals surface area contributed by atoms with Crippen LogP contribution in [-0.2, 0) is 11.3 Å². The van der Waals surface area contributed by atoms with Gasteiger partial charge in [-0.3, -0.25) is 14.5 Å². The zero-order valence-electron chi connectivity index (χ0n) is 16.5. The van der Waals surface area contributed by atoms with E-state index in [0.717, 1.165) is 5.56 Å². The number of imide groups is 1. The normalized spacial score (nSPS) is 21.3. The summed E-state index contributed by atoms with van der Waals surface area (Å²) in [6, 6.07) is 10.8. The predicted octanol–water partition coefficient (Wildman–Crippen LogP) is 3.51. The molecule has 0 saturated carbocycles. The van der Waals surface area contributed by atoms with Crippen LogP contribution in [0.15, 0.2) is 42.5 Å². The van der Waals surface area contributed by atoms with Gasteiger partial charge in [0.2, 0.25) is 0 Å². The molecule has 4 amide bonds. The van der Waals surface area contributed by atoms with Crippen LogP contribution in [0.1, 0.15) is 34.3 Å². The first-order valence-electron chi connectivity index (χ1n) is 9.73. The van der Waals surface area contributed by atoms with Crippen LogP contribution in [0.2, 0.25) is 5.02 Å². The zero-order chi connectivity index (χ0) is 21.5. The molecule has 2 aliphatic rings. The molecule has 8 heteroatoms. The second-order valence-corrected chi connectivity index (χ2v) is 8.26. The van der Waals surface area contributed by atoms with Crippen LogP contribution in [0.4, 0.5) is 9.18 Å². The monoisotopic (exact) mass is 429 g/mol. The number of aryl methyl sites for hydroxylation is 1. The third-order valence-corrected chi connectivity index (χ3v) is 5.95. The van der Waals surface area contributed by atoms with E-state index in [2.05, 4.69) is 5.32 Å². The van der Waals surface area contributed by atoms with Gasteiger partial charge in [0.05, 0.1) is 13.1 Å². The van der Waals surface area contributed by atoms with Gasteiger partial charge < -0.3 is 10.2 Å². The number of likely N-dealkylation sites (tertiary alicyclic amines) is 1. The average Bonchev–Trinajstić information content (AvgIpc) is 2.95. The molecule has 156 valence electrons. The van der Waals surface area contributed by atoms with E-state index in [1.807, 2.05) is 0 Å². The number of nitrogens with zero attached hydrogens (tertiary/aromatic N) is 2. The fourth-order valence-electron chi connectivity index (χ4n) is 4.01. The number of benzene rings is 2. The van der Waals surface area contributed by atoms with Crippen LogP contribution in [0.25, 0.3) is 0 Å². The minimum Gasteiger partial charge on any atom is -0.336 e. The molecule has 0 unspecified atom stereocenters. The third kappa shape index (κ3) is 3.65. The van der Waals surface area contributed by atoms with Crippen molar-refractivity contribution in [1.29, 1.82) is 0 Å². The summed E-state index contributed by atoms with van der Waals surface area (Å²) in [5.74, 6) is -1.16. The Hall–Kier alpha value is -2.93. The van der Waals surface area contributed by atoms with Crippen LogP contribution in [0, 0.1) is 12.7 Å². The molecular formula is C22H21ClFN3O3. The van der Waals surface area contributed by atoms with Gasteiger partial charge in [-0.05, 0) is 55.2 Å². The van der Waals surface area contributed by atoms with Gasteiger partial charge >= 0.3 is 6.03 Å². The Morgan fingerprint density at radius 2 is 1.93 bits per heavy atom. The Kier molecular flexibility index (Phi) is 5.24. The largest absolute Gasteiger partial charge is 0.336 e. The van der Waals surface area contributed by atoms with Crippen LogP contribution in [0.3, 0.4) is 0 Å². The number of carbonyl (C=O) groups excluding carboxylic acids is 3. The molecule has 0 bridgehead atoms. The van der Waals surface area contributed by atoms with Crippen molar-refractivity contribution >= 4 is 29.4 Å². The van der Waals surface area contributed by atoms with E-state index >= 15 is 0 Å². The highest BCUT2D eigenvalue weighted by Crippen LogP contribution is 2.30. The van der Waals surface area contributed by atoms with Gasteiger partial charge in [0.15, 0.2) is 0 Å². The molecular weight excluding hydrogens is 409 g/mol. The average molecular weight is 430 g/mol. The standard InChI is InChI=1S/C22H21ClFN3O3/c1-14-3-6-16(11-18(14)24)19(28)26-10-2-9-22(13-26)20(29)27(21(30)25-22)12-15-4-7-17(23)8-5-15/h3-8,11H,2,9-10,12-13H2,1H3,(H,25,30)/t22-/m0/s1. The molecule has 2 aromatic carbocycles. The predicted molar refractivity (Wildman–Crippen MR) is 110 cm³/mol. The van der Waals surface area contributed by atoms with Gasteiger partial charge in [0.1, 0.15) is 11.4 Å². The highest BCUT2D eigenvalue weighted by Gasteiger charge is 2.53.